The van der Waals surface area contributed by atoms with Gasteiger partial charge in [-0.05, 0) is 31.2 Å². The second kappa shape index (κ2) is 9.85. The highest BCUT2D eigenvalue weighted by atomic mass is 16.4. The molecular weight excluding hydrogens is 348 g/mol. The number of Topliss-reactive ketones (excluding diaryl/α,β-unsaturated/α-hetero) is 1. The summed E-state index contributed by atoms with van der Waals surface area (Å²) < 4.78 is 0. The second-order valence-electron chi connectivity index (χ2n) is 6.98. The number of benzene rings is 1. The van der Waals surface area contributed by atoms with Crippen molar-refractivity contribution in [2.75, 3.05) is 0 Å². The smallest absolute Gasteiger partial charge is 0.326 e. The zero-order chi connectivity index (χ0) is 19.8. The molecule has 7 nitrogen and oxygen atoms in total. The van der Waals surface area contributed by atoms with Crippen LogP contribution in [0.3, 0.4) is 0 Å². The molecule has 0 radical (unpaired) electrons. The Morgan fingerprint density at radius 1 is 1.11 bits per heavy atom. The fourth-order valence-electron chi connectivity index (χ4n) is 3.34. The van der Waals surface area contributed by atoms with Crippen molar-refractivity contribution in [3.8, 4) is 0 Å². The summed E-state index contributed by atoms with van der Waals surface area (Å²) in [6.45, 7) is 1.86. The minimum Gasteiger partial charge on any atom is -0.480 e. The first-order valence-corrected chi connectivity index (χ1v) is 9.25. The molecule has 146 valence electrons. The Labute approximate surface area is 158 Å². The minimum absolute atomic E-state index is 0.0287. The highest BCUT2D eigenvalue weighted by molar-refractivity contribution is 5.88. The number of carbonyl (C=O) groups excluding carboxylic acids is 3. The van der Waals surface area contributed by atoms with Crippen LogP contribution in [0.4, 0.5) is 0 Å². The molecule has 0 bridgehead atoms. The molecule has 0 unspecified atom stereocenters. The fourth-order valence-corrected chi connectivity index (χ4v) is 3.34. The van der Waals surface area contributed by atoms with Crippen LogP contribution in [0.1, 0.15) is 57.1 Å². The van der Waals surface area contributed by atoms with E-state index in [1.54, 1.807) is 0 Å². The van der Waals surface area contributed by atoms with Crippen LogP contribution in [-0.4, -0.2) is 34.7 Å². The van der Waals surface area contributed by atoms with Crippen molar-refractivity contribution >= 4 is 23.6 Å². The van der Waals surface area contributed by atoms with Gasteiger partial charge in [-0.3, -0.25) is 14.4 Å². The van der Waals surface area contributed by atoms with Crippen LogP contribution in [0.2, 0.25) is 0 Å². The van der Waals surface area contributed by atoms with Crippen LogP contribution in [0.5, 0.6) is 0 Å². The molecule has 1 saturated carbocycles. The van der Waals surface area contributed by atoms with Gasteiger partial charge in [0.15, 0.2) is 0 Å². The van der Waals surface area contributed by atoms with E-state index in [-0.39, 0.29) is 42.9 Å². The van der Waals surface area contributed by atoms with Gasteiger partial charge in [0.25, 0.3) is 0 Å². The van der Waals surface area contributed by atoms with Gasteiger partial charge in [0.1, 0.15) is 11.8 Å². The Kier molecular flexibility index (Phi) is 7.52. The number of carboxylic acid groups (broad SMARTS) is 1. The van der Waals surface area contributed by atoms with Gasteiger partial charge in [0.05, 0.1) is 6.04 Å². The Bertz CT molecular complexity index is 689. The van der Waals surface area contributed by atoms with Gasteiger partial charge in [0, 0.05) is 25.7 Å². The molecule has 0 spiro atoms. The Morgan fingerprint density at radius 2 is 1.74 bits per heavy atom. The summed E-state index contributed by atoms with van der Waals surface area (Å²) in [7, 11) is 0. The lowest BCUT2D eigenvalue weighted by atomic mass is 9.83. The fraction of sp³-hybridized carbons (Fsp3) is 0.500. The highest BCUT2D eigenvalue weighted by Crippen LogP contribution is 2.24. The average molecular weight is 374 g/mol. The van der Waals surface area contributed by atoms with E-state index < -0.39 is 17.9 Å². The van der Waals surface area contributed by atoms with Gasteiger partial charge < -0.3 is 15.7 Å². The molecule has 27 heavy (non-hydrogen) atoms. The maximum absolute atomic E-state index is 12.1. The molecule has 1 fully saturated rings. The number of carbonyl (C=O) groups is 4. The minimum atomic E-state index is -1.15. The SMILES string of the molecule is C[C@@H](NC(=O)CCC(=O)N[C@@H](C(=O)O)[C@@H]1CCCC(=O)C1)c1ccccc1. The van der Waals surface area contributed by atoms with Gasteiger partial charge in [-0.15, -0.1) is 0 Å². The van der Waals surface area contributed by atoms with Crippen LogP contribution < -0.4 is 10.6 Å². The summed E-state index contributed by atoms with van der Waals surface area (Å²) in [5, 5.41) is 14.7. The molecule has 0 aromatic heterocycles. The maximum atomic E-state index is 12.1. The zero-order valence-corrected chi connectivity index (χ0v) is 15.4. The summed E-state index contributed by atoms with van der Waals surface area (Å²) in [6.07, 6.45) is 1.75. The van der Waals surface area contributed by atoms with Crippen molar-refractivity contribution < 1.29 is 24.3 Å². The predicted molar refractivity (Wildman–Crippen MR) is 98.8 cm³/mol. The van der Waals surface area contributed by atoms with Crippen LogP contribution in [0.25, 0.3) is 0 Å². The van der Waals surface area contributed by atoms with Crippen LogP contribution >= 0.6 is 0 Å². The molecule has 0 heterocycles. The van der Waals surface area contributed by atoms with E-state index in [1.807, 2.05) is 37.3 Å². The summed E-state index contributed by atoms with van der Waals surface area (Å²) >= 11 is 0. The predicted octanol–water partition coefficient (Wildman–Crippen LogP) is 1.97. The third-order valence-corrected chi connectivity index (χ3v) is 4.83. The lowest BCUT2D eigenvalue weighted by Gasteiger charge is -2.27. The molecule has 0 aliphatic heterocycles. The number of amides is 2. The third kappa shape index (κ3) is 6.51. The first-order chi connectivity index (χ1) is 12.9. The molecule has 0 saturated heterocycles. The normalized spacial score (nSPS) is 19.0. The summed E-state index contributed by atoms with van der Waals surface area (Å²) in [6, 6.07) is 8.19. The largest absolute Gasteiger partial charge is 0.480 e. The van der Waals surface area contributed by atoms with Gasteiger partial charge in [-0.1, -0.05) is 30.3 Å². The molecule has 2 amide bonds. The van der Waals surface area contributed by atoms with E-state index in [0.717, 1.165) is 5.56 Å². The third-order valence-electron chi connectivity index (χ3n) is 4.83. The number of hydrogen-bond donors (Lipinski definition) is 3. The van der Waals surface area contributed by atoms with E-state index in [2.05, 4.69) is 10.6 Å². The van der Waals surface area contributed by atoms with Crippen molar-refractivity contribution in [1.29, 1.82) is 0 Å². The van der Waals surface area contributed by atoms with E-state index in [9.17, 15) is 24.3 Å². The quantitative estimate of drug-likeness (QED) is 0.644. The van der Waals surface area contributed by atoms with E-state index in [4.69, 9.17) is 0 Å². The topological polar surface area (TPSA) is 113 Å². The molecular formula is C20H26N2O5. The van der Waals surface area contributed by atoms with Crippen LogP contribution in [-0.2, 0) is 19.2 Å². The second-order valence-corrected chi connectivity index (χ2v) is 6.98. The van der Waals surface area contributed by atoms with Crippen molar-refractivity contribution in [2.45, 2.75) is 57.5 Å². The zero-order valence-electron chi connectivity index (χ0n) is 15.4. The number of ketones is 1. The Morgan fingerprint density at radius 3 is 2.33 bits per heavy atom. The average Bonchev–Trinajstić information content (AvgIpc) is 2.65. The number of aliphatic carboxylic acids is 1. The lowest BCUT2D eigenvalue weighted by Crippen LogP contribution is -2.47. The maximum Gasteiger partial charge on any atom is 0.326 e. The van der Waals surface area contributed by atoms with Gasteiger partial charge in [0.2, 0.25) is 11.8 Å². The van der Waals surface area contributed by atoms with Crippen molar-refractivity contribution in [2.24, 2.45) is 5.92 Å². The van der Waals surface area contributed by atoms with Crippen molar-refractivity contribution in [3.05, 3.63) is 35.9 Å². The first kappa shape index (κ1) is 20.6. The van der Waals surface area contributed by atoms with Crippen molar-refractivity contribution in [1.82, 2.24) is 10.6 Å². The molecule has 3 atom stereocenters. The number of carboxylic acids is 1. The Hall–Kier alpha value is -2.70. The molecule has 1 aliphatic carbocycles. The van der Waals surface area contributed by atoms with Crippen molar-refractivity contribution in [3.63, 3.8) is 0 Å². The molecule has 1 aromatic rings. The summed E-state index contributed by atoms with van der Waals surface area (Å²) in [4.78, 5) is 47.2. The van der Waals surface area contributed by atoms with Crippen LogP contribution in [0, 0.1) is 5.92 Å². The van der Waals surface area contributed by atoms with E-state index in [1.165, 1.54) is 0 Å². The molecule has 1 aliphatic rings. The summed E-state index contributed by atoms with van der Waals surface area (Å²) in [5.41, 5.74) is 0.961. The number of rotatable bonds is 8. The summed E-state index contributed by atoms with van der Waals surface area (Å²) in [5.74, 6) is -2.28. The molecule has 7 heteroatoms. The molecule has 2 rings (SSSR count). The molecule has 3 N–H and O–H groups in total. The molecule has 1 aromatic carbocycles. The van der Waals surface area contributed by atoms with Crippen LogP contribution in [0.15, 0.2) is 30.3 Å². The monoisotopic (exact) mass is 374 g/mol. The Balaban J connectivity index is 1.80. The van der Waals surface area contributed by atoms with E-state index >= 15 is 0 Å². The van der Waals surface area contributed by atoms with Gasteiger partial charge in [-0.25, -0.2) is 4.79 Å². The highest BCUT2D eigenvalue weighted by Gasteiger charge is 2.33. The van der Waals surface area contributed by atoms with E-state index in [0.29, 0.717) is 19.3 Å². The lowest BCUT2D eigenvalue weighted by molar-refractivity contribution is -0.144. The number of nitrogens with one attached hydrogen (secondary N) is 2. The standard InChI is InChI=1S/C20H26N2O5/c1-13(14-6-3-2-4-7-14)21-17(24)10-11-18(25)22-19(20(26)27)15-8-5-9-16(23)12-15/h2-4,6-7,13,15,19H,5,8-12H2,1H3,(H,21,24)(H,22,25)(H,26,27)/t13-,15-,19-/m1/s1. The number of hydrogen-bond acceptors (Lipinski definition) is 4. The van der Waals surface area contributed by atoms with Gasteiger partial charge in [-0.2, -0.15) is 0 Å². The first-order valence-electron chi connectivity index (χ1n) is 9.25. The van der Waals surface area contributed by atoms with Gasteiger partial charge >= 0.3 is 5.97 Å².